The molecule has 0 aliphatic heterocycles. The molecule has 0 aliphatic rings. The van der Waals surface area contributed by atoms with Crippen LogP contribution in [0.5, 0.6) is 0 Å². The van der Waals surface area contributed by atoms with Crippen LogP contribution in [0.4, 0.5) is 0 Å². The summed E-state index contributed by atoms with van der Waals surface area (Å²) in [6.45, 7) is 7.65. The lowest BCUT2D eigenvalue weighted by molar-refractivity contribution is 0.289. The molecule has 0 bridgehead atoms. The smallest absolute Gasteiger partial charge is 0.0441 e. The largest absolute Gasteiger partial charge is 0.396 e. The van der Waals surface area contributed by atoms with Gasteiger partial charge in [0.2, 0.25) is 0 Å². The van der Waals surface area contributed by atoms with Crippen LogP contribution in [-0.4, -0.2) is 23.0 Å². The van der Waals surface area contributed by atoms with Crippen LogP contribution in [0, 0.1) is 0 Å². The fraction of sp³-hybridized carbons (Fsp3) is 0.571. The Labute approximate surface area is 109 Å². The zero-order valence-corrected chi connectivity index (χ0v) is 11.8. The first kappa shape index (κ1) is 14.6. The third-order valence-electron chi connectivity index (χ3n) is 2.51. The van der Waals surface area contributed by atoms with E-state index in [2.05, 4.69) is 50.4 Å². The molecule has 0 aliphatic carbocycles. The third kappa shape index (κ3) is 6.10. The molecular weight excluding hydrogens is 230 g/mol. The van der Waals surface area contributed by atoms with Gasteiger partial charge in [-0.2, -0.15) is 0 Å². The molecule has 17 heavy (non-hydrogen) atoms. The second-order valence-electron chi connectivity index (χ2n) is 4.62. The highest BCUT2D eigenvalue weighted by Crippen LogP contribution is 2.25. The molecule has 1 aromatic carbocycles. The SMILES string of the molecule is CC(C)NCc1ccc(SC(C)CCO)cc1. The predicted molar refractivity (Wildman–Crippen MR) is 75.4 cm³/mol. The van der Waals surface area contributed by atoms with E-state index in [-0.39, 0.29) is 6.61 Å². The first-order valence-corrected chi connectivity index (χ1v) is 7.09. The van der Waals surface area contributed by atoms with Gasteiger partial charge in [0.15, 0.2) is 0 Å². The van der Waals surface area contributed by atoms with Crippen molar-refractivity contribution in [3.63, 3.8) is 0 Å². The molecule has 1 rings (SSSR count). The molecule has 1 aromatic rings. The maximum absolute atomic E-state index is 8.86. The molecule has 2 N–H and O–H groups in total. The summed E-state index contributed by atoms with van der Waals surface area (Å²) in [5.41, 5.74) is 1.32. The Balaban J connectivity index is 2.44. The molecule has 1 unspecified atom stereocenters. The van der Waals surface area contributed by atoms with Crippen LogP contribution in [0.25, 0.3) is 0 Å². The zero-order chi connectivity index (χ0) is 12.7. The number of nitrogens with one attached hydrogen (secondary N) is 1. The molecule has 1 atom stereocenters. The van der Waals surface area contributed by atoms with Crippen molar-refractivity contribution >= 4 is 11.8 Å². The Morgan fingerprint density at radius 1 is 1.18 bits per heavy atom. The highest BCUT2D eigenvalue weighted by Gasteiger charge is 2.03. The quantitative estimate of drug-likeness (QED) is 0.733. The average molecular weight is 253 g/mol. The molecule has 0 spiro atoms. The number of aliphatic hydroxyl groups is 1. The highest BCUT2D eigenvalue weighted by atomic mass is 32.2. The van der Waals surface area contributed by atoms with E-state index in [0.29, 0.717) is 11.3 Å². The third-order valence-corrected chi connectivity index (χ3v) is 3.69. The van der Waals surface area contributed by atoms with Gasteiger partial charge >= 0.3 is 0 Å². The van der Waals surface area contributed by atoms with Crippen LogP contribution in [0.15, 0.2) is 29.2 Å². The van der Waals surface area contributed by atoms with Gasteiger partial charge in [-0.3, -0.25) is 0 Å². The summed E-state index contributed by atoms with van der Waals surface area (Å²) in [7, 11) is 0. The average Bonchev–Trinajstić information content (AvgIpc) is 2.28. The lowest BCUT2D eigenvalue weighted by Crippen LogP contribution is -2.21. The summed E-state index contributed by atoms with van der Waals surface area (Å²) in [6.07, 6.45) is 0.849. The summed E-state index contributed by atoms with van der Waals surface area (Å²) in [5, 5.41) is 12.7. The van der Waals surface area contributed by atoms with E-state index in [9.17, 15) is 0 Å². The number of thioether (sulfide) groups is 1. The van der Waals surface area contributed by atoms with Crippen molar-refractivity contribution < 1.29 is 5.11 Å². The van der Waals surface area contributed by atoms with Gasteiger partial charge in [-0.25, -0.2) is 0 Å². The van der Waals surface area contributed by atoms with Gasteiger partial charge in [0.05, 0.1) is 0 Å². The van der Waals surface area contributed by atoms with Gasteiger partial charge in [0.25, 0.3) is 0 Å². The Morgan fingerprint density at radius 2 is 1.82 bits per heavy atom. The van der Waals surface area contributed by atoms with Crippen LogP contribution in [-0.2, 0) is 6.54 Å². The standard InChI is InChI=1S/C14H23NOS/c1-11(2)15-10-13-4-6-14(7-5-13)17-12(3)8-9-16/h4-7,11-12,15-16H,8-10H2,1-3H3. The van der Waals surface area contributed by atoms with Crippen molar-refractivity contribution in [1.29, 1.82) is 0 Å². The molecule has 0 radical (unpaired) electrons. The second kappa shape index (κ2) is 7.75. The summed E-state index contributed by atoms with van der Waals surface area (Å²) in [5.74, 6) is 0. The molecule has 2 nitrogen and oxygen atoms in total. The molecule has 0 saturated carbocycles. The fourth-order valence-electron chi connectivity index (χ4n) is 1.48. The first-order valence-electron chi connectivity index (χ1n) is 6.21. The van der Waals surface area contributed by atoms with Crippen molar-refractivity contribution in [2.75, 3.05) is 6.61 Å². The molecule has 0 amide bonds. The number of hydrogen-bond donors (Lipinski definition) is 2. The Morgan fingerprint density at radius 3 is 2.35 bits per heavy atom. The van der Waals surface area contributed by atoms with Crippen molar-refractivity contribution in [1.82, 2.24) is 5.32 Å². The minimum atomic E-state index is 0.268. The fourth-order valence-corrected chi connectivity index (χ4v) is 2.46. The maximum atomic E-state index is 8.86. The molecule has 96 valence electrons. The van der Waals surface area contributed by atoms with E-state index in [4.69, 9.17) is 5.11 Å². The van der Waals surface area contributed by atoms with Crippen molar-refractivity contribution in [2.45, 2.75) is 49.9 Å². The molecule has 0 aromatic heterocycles. The number of aliphatic hydroxyl groups excluding tert-OH is 1. The topological polar surface area (TPSA) is 32.3 Å². The van der Waals surface area contributed by atoms with E-state index >= 15 is 0 Å². The number of benzene rings is 1. The van der Waals surface area contributed by atoms with Gasteiger partial charge in [0.1, 0.15) is 0 Å². The van der Waals surface area contributed by atoms with Crippen molar-refractivity contribution in [2.24, 2.45) is 0 Å². The summed E-state index contributed by atoms with van der Waals surface area (Å²) < 4.78 is 0. The highest BCUT2D eigenvalue weighted by molar-refractivity contribution is 7.99. The van der Waals surface area contributed by atoms with Gasteiger partial charge in [-0.05, 0) is 24.1 Å². The van der Waals surface area contributed by atoms with Crippen molar-refractivity contribution in [3.05, 3.63) is 29.8 Å². The lowest BCUT2D eigenvalue weighted by atomic mass is 10.2. The van der Waals surface area contributed by atoms with E-state index < -0.39 is 0 Å². The van der Waals surface area contributed by atoms with Gasteiger partial charge in [0, 0.05) is 29.3 Å². The Bertz CT molecular complexity index is 311. The Kier molecular flexibility index (Phi) is 6.63. The van der Waals surface area contributed by atoms with Gasteiger partial charge in [-0.1, -0.05) is 32.9 Å². The van der Waals surface area contributed by atoms with E-state index in [1.54, 1.807) is 0 Å². The second-order valence-corrected chi connectivity index (χ2v) is 6.13. The summed E-state index contributed by atoms with van der Waals surface area (Å²) in [4.78, 5) is 1.28. The molecule has 0 saturated heterocycles. The maximum Gasteiger partial charge on any atom is 0.0441 e. The minimum Gasteiger partial charge on any atom is -0.396 e. The first-order chi connectivity index (χ1) is 8.11. The lowest BCUT2D eigenvalue weighted by Gasteiger charge is -2.11. The zero-order valence-electron chi connectivity index (χ0n) is 10.9. The van der Waals surface area contributed by atoms with E-state index in [1.807, 2.05) is 11.8 Å². The van der Waals surface area contributed by atoms with Crippen LogP contribution in [0.1, 0.15) is 32.8 Å². The minimum absolute atomic E-state index is 0.268. The molecule has 0 heterocycles. The Hall–Kier alpha value is -0.510. The van der Waals surface area contributed by atoms with Gasteiger partial charge in [-0.15, -0.1) is 11.8 Å². The predicted octanol–water partition coefficient (Wildman–Crippen LogP) is 3.05. The van der Waals surface area contributed by atoms with Crippen LogP contribution in [0.3, 0.4) is 0 Å². The monoisotopic (exact) mass is 253 g/mol. The van der Waals surface area contributed by atoms with E-state index in [0.717, 1.165) is 13.0 Å². The molecular formula is C14H23NOS. The summed E-state index contributed by atoms with van der Waals surface area (Å²) in [6, 6.07) is 9.19. The number of hydrogen-bond acceptors (Lipinski definition) is 3. The van der Waals surface area contributed by atoms with Crippen LogP contribution < -0.4 is 5.32 Å². The van der Waals surface area contributed by atoms with Crippen molar-refractivity contribution in [3.8, 4) is 0 Å². The van der Waals surface area contributed by atoms with E-state index in [1.165, 1.54) is 10.5 Å². The summed E-state index contributed by atoms with van der Waals surface area (Å²) >= 11 is 1.82. The van der Waals surface area contributed by atoms with Crippen LogP contribution in [0.2, 0.25) is 0 Å². The molecule has 0 fully saturated rings. The van der Waals surface area contributed by atoms with Gasteiger partial charge < -0.3 is 10.4 Å². The normalized spacial score (nSPS) is 13.0. The van der Waals surface area contributed by atoms with Crippen LogP contribution >= 0.6 is 11.8 Å². The molecule has 3 heteroatoms. The number of rotatable bonds is 7.